The molecule has 8 nitrogen and oxygen atoms in total. The summed E-state index contributed by atoms with van der Waals surface area (Å²) in [7, 11) is 0. The molecule has 2 amide bonds. The first kappa shape index (κ1) is 24.7. The number of amides is 2. The number of hydrogen-bond donors (Lipinski definition) is 2. The average Bonchev–Trinajstić information content (AvgIpc) is 3.16. The molecular weight excluding hydrogens is 448 g/mol. The van der Waals surface area contributed by atoms with Crippen molar-refractivity contribution in [1.29, 1.82) is 0 Å². The number of nitrogens with one attached hydrogen (secondary N) is 1. The van der Waals surface area contributed by atoms with Gasteiger partial charge in [0.05, 0.1) is 13.2 Å². The van der Waals surface area contributed by atoms with Gasteiger partial charge in [-0.05, 0) is 35.6 Å². The smallest absolute Gasteiger partial charge is 0.407 e. The van der Waals surface area contributed by atoms with E-state index in [4.69, 9.17) is 9.47 Å². The van der Waals surface area contributed by atoms with Crippen LogP contribution in [0.2, 0.25) is 0 Å². The van der Waals surface area contributed by atoms with Crippen LogP contribution in [0.1, 0.15) is 44.2 Å². The highest BCUT2D eigenvalue weighted by atomic mass is 16.5. The second-order valence-corrected chi connectivity index (χ2v) is 10.00. The number of benzene rings is 2. The number of carbonyl (C=O) groups is 3. The Kier molecular flexibility index (Phi) is 6.85. The maximum atomic E-state index is 13.1. The predicted octanol–water partition coefficient (Wildman–Crippen LogP) is 3.64. The van der Waals surface area contributed by atoms with Crippen molar-refractivity contribution in [3.05, 3.63) is 59.7 Å². The van der Waals surface area contributed by atoms with Crippen molar-refractivity contribution < 1.29 is 29.0 Å². The van der Waals surface area contributed by atoms with Crippen molar-refractivity contribution in [3.8, 4) is 11.1 Å². The zero-order valence-electron chi connectivity index (χ0n) is 20.4. The van der Waals surface area contributed by atoms with Gasteiger partial charge < -0.3 is 24.8 Å². The summed E-state index contributed by atoms with van der Waals surface area (Å²) in [5.74, 6) is -1.27. The topological polar surface area (TPSA) is 105 Å². The zero-order valence-corrected chi connectivity index (χ0v) is 20.4. The summed E-state index contributed by atoms with van der Waals surface area (Å²) in [6, 6.07) is 16.3. The van der Waals surface area contributed by atoms with Gasteiger partial charge in [-0.3, -0.25) is 4.79 Å². The molecule has 1 unspecified atom stereocenters. The number of morpholine rings is 1. The van der Waals surface area contributed by atoms with E-state index in [1.54, 1.807) is 13.8 Å². The van der Waals surface area contributed by atoms with E-state index in [1.807, 2.05) is 24.3 Å². The molecule has 2 aromatic rings. The molecule has 1 aliphatic heterocycles. The molecule has 2 aromatic carbocycles. The van der Waals surface area contributed by atoms with Gasteiger partial charge in [0.15, 0.2) is 5.60 Å². The second kappa shape index (κ2) is 9.70. The van der Waals surface area contributed by atoms with Crippen LogP contribution in [0.25, 0.3) is 11.1 Å². The van der Waals surface area contributed by atoms with Crippen LogP contribution in [0, 0.1) is 5.41 Å². The summed E-state index contributed by atoms with van der Waals surface area (Å²) in [6.07, 6.45) is -0.142. The van der Waals surface area contributed by atoms with Gasteiger partial charge in [-0.1, -0.05) is 62.4 Å². The van der Waals surface area contributed by atoms with Crippen LogP contribution in [0.4, 0.5) is 4.79 Å². The van der Waals surface area contributed by atoms with Crippen molar-refractivity contribution in [2.24, 2.45) is 5.41 Å². The lowest BCUT2D eigenvalue weighted by atomic mass is 9.86. The molecule has 1 heterocycles. The summed E-state index contributed by atoms with van der Waals surface area (Å²) in [5, 5.41) is 12.2. The third kappa shape index (κ3) is 5.03. The molecule has 2 aliphatic rings. The van der Waals surface area contributed by atoms with E-state index < -0.39 is 23.1 Å². The number of fused-ring (bicyclic) bond motifs is 3. The van der Waals surface area contributed by atoms with E-state index in [1.165, 1.54) is 23.0 Å². The van der Waals surface area contributed by atoms with Crippen LogP contribution >= 0.6 is 0 Å². The first-order valence-electron chi connectivity index (χ1n) is 11.9. The number of rotatable bonds is 7. The Morgan fingerprint density at radius 1 is 1.11 bits per heavy atom. The molecule has 1 saturated heterocycles. The molecular formula is C27H32N2O6. The van der Waals surface area contributed by atoms with Crippen LogP contribution in [0.5, 0.6) is 0 Å². The van der Waals surface area contributed by atoms with Crippen LogP contribution in [-0.4, -0.2) is 66.4 Å². The summed E-state index contributed by atoms with van der Waals surface area (Å²) >= 11 is 0. The molecule has 1 aliphatic carbocycles. The Morgan fingerprint density at radius 3 is 2.31 bits per heavy atom. The van der Waals surface area contributed by atoms with E-state index in [0.29, 0.717) is 13.0 Å². The number of carbonyl (C=O) groups excluding carboxylic acids is 2. The van der Waals surface area contributed by atoms with Gasteiger partial charge >= 0.3 is 12.1 Å². The van der Waals surface area contributed by atoms with Gasteiger partial charge in [-0.2, -0.15) is 0 Å². The first-order chi connectivity index (χ1) is 16.6. The van der Waals surface area contributed by atoms with Gasteiger partial charge in [0.25, 0.3) is 0 Å². The number of alkyl carbamates (subject to hydrolysis) is 1. The maximum absolute atomic E-state index is 13.1. The molecule has 8 heteroatoms. The van der Waals surface area contributed by atoms with Crippen molar-refractivity contribution in [2.75, 3.05) is 32.8 Å². The molecule has 0 radical (unpaired) electrons. The summed E-state index contributed by atoms with van der Waals surface area (Å²) < 4.78 is 10.9. The summed E-state index contributed by atoms with van der Waals surface area (Å²) in [6.45, 7) is 6.04. The highest BCUT2D eigenvalue weighted by molar-refractivity contribution is 5.84. The SMILES string of the molecule is CC(C)(CCNC(=O)OCC1c2ccccc2-c2ccccc21)C(=O)N1CCOC(C)(C(=O)O)C1. The van der Waals surface area contributed by atoms with Crippen LogP contribution < -0.4 is 5.32 Å². The number of aliphatic carboxylic acids is 1. The van der Waals surface area contributed by atoms with E-state index in [2.05, 4.69) is 29.6 Å². The van der Waals surface area contributed by atoms with Gasteiger partial charge in [0, 0.05) is 24.4 Å². The van der Waals surface area contributed by atoms with Crippen LogP contribution in [0.15, 0.2) is 48.5 Å². The molecule has 4 rings (SSSR count). The number of nitrogens with zero attached hydrogens (tertiary/aromatic N) is 1. The quantitative estimate of drug-likeness (QED) is 0.627. The van der Waals surface area contributed by atoms with Crippen LogP contribution in [-0.2, 0) is 19.1 Å². The molecule has 2 N–H and O–H groups in total. The lowest BCUT2D eigenvalue weighted by Crippen LogP contribution is -2.58. The van der Waals surface area contributed by atoms with Gasteiger partial charge in [0.2, 0.25) is 5.91 Å². The molecule has 1 atom stereocenters. The molecule has 0 aromatic heterocycles. The van der Waals surface area contributed by atoms with Crippen molar-refractivity contribution >= 4 is 18.0 Å². The highest BCUT2D eigenvalue weighted by Gasteiger charge is 2.43. The summed E-state index contributed by atoms with van der Waals surface area (Å²) in [5.41, 5.74) is 2.43. The lowest BCUT2D eigenvalue weighted by molar-refractivity contribution is -0.179. The molecule has 35 heavy (non-hydrogen) atoms. The molecule has 0 saturated carbocycles. The predicted molar refractivity (Wildman–Crippen MR) is 130 cm³/mol. The van der Waals surface area contributed by atoms with E-state index in [9.17, 15) is 19.5 Å². The third-order valence-corrected chi connectivity index (χ3v) is 6.96. The third-order valence-electron chi connectivity index (χ3n) is 6.96. The Labute approximate surface area is 205 Å². The molecule has 186 valence electrons. The van der Waals surface area contributed by atoms with Crippen molar-refractivity contribution in [3.63, 3.8) is 0 Å². The standard InChI is InChI=1S/C27H32N2O6/c1-26(2,23(30)29-14-15-35-27(3,17-29)24(31)32)12-13-28-25(33)34-16-22-20-10-6-4-8-18(20)19-9-5-7-11-21(19)22/h4-11,22H,12-17H2,1-3H3,(H,28,33)(H,31,32). The van der Waals surface area contributed by atoms with Crippen LogP contribution in [0.3, 0.4) is 0 Å². The van der Waals surface area contributed by atoms with Gasteiger partial charge in [-0.15, -0.1) is 0 Å². The average molecular weight is 481 g/mol. The fraction of sp³-hybridized carbons (Fsp3) is 0.444. The molecule has 0 spiro atoms. The van der Waals surface area contributed by atoms with E-state index in [0.717, 1.165) is 11.1 Å². The number of ether oxygens (including phenoxy) is 2. The number of hydrogen-bond acceptors (Lipinski definition) is 5. The highest BCUT2D eigenvalue weighted by Crippen LogP contribution is 2.44. The number of carboxylic acids is 1. The summed E-state index contributed by atoms with van der Waals surface area (Å²) in [4.78, 5) is 38.5. The fourth-order valence-corrected chi connectivity index (χ4v) is 4.83. The van der Waals surface area contributed by atoms with E-state index >= 15 is 0 Å². The zero-order chi connectivity index (χ0) is 25.2. The largest absolute Gasteiger partial charge is 0.479 e. The Hall–Kier alpha value is -3.39. The lowest BCUT2D eigenvalue weighted by Gasteiger charge is -2.40. The maximum Gasteiger partial charge on any atom is 0.407 e. The Balaban J connectivity index is 1.29. The Morgan fingerprint density at radius 2 is 1.71 bits per heavy atom. The van der Waals surface area contributed by atoms with Crippen molar-refractivity contribution in [1.82, 2.24) is 10.2 Å². The minimum Gasteiger partial charge on any atom is -0.479 e. The molecule has 1 fully saturated rings. The Bertz CT molecular complexity index is 1080. The normalized spacial score (nSPS) is 19.6. The molecule has 0 bridgehead atoms. The monoisotopic (exact) mass is 480 g/mol. The first-order valence-corrected chi connectivity index (χ1v) is 11.9. The van der Waals surface area contributed by atoms with Crippen molar-refractivity contribution in [2.45, 2.75) is 38.7 Å². The number of carboxylic acid groups (broad SMARTS) is 1. The minimum atomic E-state index is -1.41. The fourth-order valence-electron chi connectivity index (χ4n) is 4.83. The second-order valence-electron chi connectivity index (χ2n) is 10.00. The van der Waals surface area contributed by atoms with Gasteiger partial charge in [0.1, 0.15) is 6.61 Å². The van der Waals surface area contributed by atoms with E-state index in [-0.39, 0.29) is 38.1 Å². The van der Waals surface area contributed by atoms with Gasteiger partial charge in [-0.25, -0.2) is 9.59 Å². The minimum absolute atomic E-state index is 0.00952.